The van der Waals surface area contributed by atoms with E-state index in [1.165, 1.54) is 0 Å². The fourth-order valence-corrected chi connectivity index (χ4v) is 2.95. The van der Waals surface area contributed by atoms with Crippen molar-refractivity contribution >= 4 is 11.8 Å². The van der Waals surface area contributed by atoms with Crippen LogP contribution < -0.4 is 16.4 Å². The minimum Gasteiger partial charge on any atom is -0.385 e. The summed E-state index contributed by atoms with van der Waals surface area (Å²) in [5.74, 6) is -4.95. The van der Waals surface area contributed by atoms with Crippen LogP contribution in [0.25, 0.3) is 0 Å². The Balaban J connectivity index is 2.66. The van der Waals surface area contributed by atoms with Crippen LogP contribution in [0.5, 0.6) is 0 Å². The van der Waals surface area contributed by atoms with Gasteiger partial charge in [-0.25, -0.2) is 8.78 Å². The van der Waals surface area contributed by atoms with Crippen LogP contribution in [-0.2, 0) is 16.0 Å². The zero-order valence-corrected chi connectivity index (χ0v) is 17.5. The summed E-state index contributed by atoms with van der Waals surface area (Å²) in [6, 6.07) is 6.92. The molecule has 6 nitrogen and oxygen atoms in total. The van der Waals surface area contributed by atoms with Crippen molar-refractivity contribution in [2.24, 2.45) is 17.6 Å². The maximum absolute atomic E-state index is 14.3. The van der Waals surface area contributed by atoms with Gasteiger partial charge in [0.05, 0.1) is 13.0 Å². The molecule has 0 bridgehead atoms. The molecule has 8 heteroatoms. The Kier molecular flexibility index (Phi) is 9.65. The molecule has 1 aromatic rings. The number of hydrogen-bond donors (Lipinski definition) is 4. The van der Waals surface area contributed by atoms with Crippen LogP contribution in [0, 0.1) is 11.8 Å². The van der Waals surface area contributed by atoms with E-state index in [1.54, 1.807) is 38.1 Å². The minimum absolute atomic E-state index is 0.0511. The first-order valence-corrected chi connectivity index (χ1v) is 9.86. The quantitative estimate of drug-likeness (QED) is 0.444. The minimum atomic E-state index is -3.58. The molecule has 0 saturated carbocycles. The van der Waals surface area contributed by atoms with Gasteiger partial charge in [-0.1, -0.05) is 58.0 Å². The molecule has 0 aromatic heterocycles. The van der Waals surface area contributed by atoms with E-state index >= 15 is 0 Å². The van der Waals surface area contributed by atoms with Gasteiger partial charge < -0.3 is 21.5 Å². The molecule has 29 heavy (non-hydrogen) atoms. The number of carbonyl (C=O) groups is 2. The molecule has 0 saturated heterocycles. The SMILES string of the molecule is CC(C)CC(N)C(O)C(F)(F)CNC(=O)C(NC(=O)Cc1ccccc1)C(C)C. The molecule has 0 heterocycles. The maximum Gasteiger partial charge on any atom is 0.291 e. The number of benzene rings is 1. The van der Waals surface area contributed by atoms with Crippen molar-refractivity contribution in [1.29, 1.82) is 0 Å². The van der Waals surface area contributed by atoms with Crippen molar-refractivity contribution in [3.63, 3.8) is 0 Å². The zero-order chi connectivity index (χ0) is 22.2. The first kappa shape index (κ1) is 25.0. The number of rotatable bonds is 11. The van der Waals surface area contributed by atoms with Crippen LogP contribution in [0.15, 0.2) is 30.3 Å². The number of amides is 2. The summed E-state index contributed by atoms with van der Waals surface area (Å²) in [5, 5.41) is 14.6. The van der Waals surface area contributed by atoms with E-state index in [9.17, 15) is 23.5 Å². The highest BCUT2D eigenvalue weighted by Gasteiger charge is 2.42. The Hall–Kier alpha value is -2.06. The van der Waals surface area contributed by atoms with Crippen LogP contribution in [0.2, 0.25) is 0 Å². The highest BCUT2D eigenvalue weighted by molar-refractivity contribution is 5.88. The van der Waals surface area contributed by atoms with Crippen molar-refractivity contribution in [3.8, 4) is 0 Å². The topological polar surface area (TPSA) is 104 Å². The fraction of sp³-hybridized carbons (Fsp3) is 0.619. The number of nitrogens with one attached hydrogen (secondary N) is 2. The van der Waals surface area contributed by atoms with Gasteiger partial charge in [-0.05, 0) is 23.8 Å². The first-order valence-electron chi connectivity index (χ1n) is 9.86. The van der Waals surface area contributed by atoms with Crippen LogP contribution in [0.4, 0.5) is 8.78 Å². The van der Waals surface area contributed by atoms with Gasteiger partial charge in [0.15, 0.2) is 0 Å². The second-order valence-corrected chi connectivity index (χ2v) is 8.17. The molecule has 3 unspecified atom stereocenters. The normalized spacial score (nSPS) is 15.1. The van der Waals surface area contributed by atoms with Crippen molar-refractivity contribution in [1.82, 2.24) is 10.6 Å². The number of aliphatic hydroxyl groups excluding tert-OH is 1. The number of carbonyl (C=O) groups excluding carboxylic acids is 2. The largest absolute Gasteiger partial charge is 0.385 e. The first-order chi connectivity index (χ1) is 13.4. The Morgan fingerprint density at radius 1 is 1.14 bits per heavy atom. The van der Waals surface area contributed by atoms with Crippen LogP contribution >= 0.6 is 0 Å². The smallest absolute Gasteiger partial charge is 0.291 e. The third-order valence-corrected chi connectivity index (χ3v) is 4.55. The van der Waals surface area contributed by atoms with Gasteiger partial charge in [-0.15, -0.1) is 0 Å². The number of aliphatic hydroxyl groups is 1. The molecule has 2 amide bonds. The molecule has 1 aromatic carbocycles. The standard InChI is InChI=1S/C21H33F2N3O3/c1-13(2)10-16(24)19(28)21(22,23)12-25-20(29)18(14(3)4)26-17(27)11-15-8-6-5-7-9-15/h5-9,13-14,16,18-19,28H,10-12,24H2,1-4H3,(H,25,29)(H,26,27). The van der Waals surface area contributed by atoms with E-state index in [4.69, 9.17) is 5.73 Å². The van der Waals surface area contributed by atoms with E-state index in [2.05, 4.69) is 10.6 Å². The van der Waals surface area contributed by atoms with E-state index in [0.29, 0.717) is 0 Å². The van der Waals surface area contributed by atoms with Gasteiger partial charge in [-0.2, -0.15) is 0 Å². The zero-order valence-electron chi connectivity index (χ0n) is 17.5. The average Bonchev–Trinajstić information content (AvgIpc) is 2.63. The summed E-state index contributed by atoms with van der Waals surface area (Å²) in [5.41, 5.74) is 6.44. The molecule has 1 rings (SSSR count). The summed E-state index contributed by atoms with van der Waals surface area (Å²) in [6.07, 6.45) is -1.76. The van der Waals surface area contributed by atoms with Gasteiger partial charge >= 0.3 is 0 Å². The predicted molar refractivity (Wildman–Crippen MR) is 108 cm³/mol. The molecule has 0 aliphatic rings. The summed E-state index contributed by atoms with van der Waals surface area (Å²) in [4.78, 5) is 24.7. The third-order valence-electron chi connectivity index (χ3n) is 4.55. The van der Waals surface area contributed by atoms with E-state index in [0.717, 1.165) is 5.56 Å². The van der Waals surface area contributed by atoms with Gasteiger partial charge in [0, 0.05) is 6.04 Å². The Morgan fingerprint density at radius 2 is 1.72 bits per heavy atom. The average molecular weight is 414 g/mol. The van der Waals surface area contributed by atoms with E-state index in [1.807, 2.05) is 19.9 Å². The van der Waals surface area contributed by atoms with Gasteiger partial charge in [0.2, 0.25) is 11.8 Å². The Bertz CT molecular complexity index is 654. The maximum atomic E-state index is 14.3. The fourth-order valence-electron chi connectivity index (χ4n) is 2.95. The van der Waals surface area contributed by atoms with Gasteiger partial charge in [0.25, 0.3) is 5.92 Å². The van der Waals surface area contributed by atoms with Crippen LogP contribution in [-0.4, -0.2) is 47.6 Å². The summed E-state index contributed by atoms with van der Waals surface area (Å²) >= 11 is 0. The van der Waals surface area contributed by atoms with E-state index in [-0.39, 0.29) is 30.6 Å². The number of nitrogens with two attached hydrogens (primary N) is 1. The highest BCUT2D eigenvalue weighted by Crippen LogP contribution is 2.22. The molecule has 3 atom stereocenters. The van der Waals surface area contributed by atoms with Crippen LogP contribution in [0.3, 0.4) is 0 Å². The number of alkyl halides is 2. The number of hydrogen-bond acceptors (Lipinski definition) is 4. The monoisotopic (exact) mass is 413 g/mol. The Morgan fingerprint density at radius 3 is 2.24 bits per heavy atom. The van der Waals surface area contributed by atoms with Crippen molar-refractivity contribution in [3.05, 3.63) is 35.9 Å². The molecule has 0 fully saturated rings. The Labute approximate surface area is 171 Å². The van der Waals surface area contributed by atoms with Crippen molar-refractivity contribution < 1.29 is 23.5 Å². The second kappa shape index (κ2) is 11.2. The molecule has 5 N–H and O–H groups in total. The van der Waals surface area contributed by atoms with Crippen molar-refractivity contribution in [2.45, 2.75) is 64.6 Å². The lowest BCUT2D eigenvalue weighted by Crippen LogP contribution is -2.56. The lowest BCUT2D eigenvalue weighted by molar-refractivity contribution is -0.136. The van der Waals surface area contributed by atoms with Gasteiger partial charge in [-0.3, -0.25) is 9.59 Å². The molecule has 0 aliphatic carbocycles. The summed E-state index contributed by atoms with van der Waals surface area (Å²) in [7, 11) is 0. The molecule has 0 aliphatic heterocycles. The lowest BCUT2D eigenvalue weighted by Gasteiger charge is -2.29. The molecular weight excluding hydrogens is 380 g/mol. The molecule has 164 valence electrons. The van der Waals surface area contributed by atoms with Crippen molar-refractivity contribution in [2.75, 3.05) is 6.54 Å². The van der Waals surface area contributed by atoms with E-state index < -0.39 is 36.6 Å². The number of halogens is 2. The molecule has 0 spiro atoms. The van der Waals surface area contributed by atoms with Crippen LogP contribution in [0.1, 0.15) is 39.7 Å². The highest BCUT2D eigenvalue weighted by atomic mass is 19.3. The molecule has 0 radical (unpaired) electrons. The third kappa shape index (κ3) is 8.45. The summed E-state index contributed by atoms with van der Waals surface area (Å²) in [6.45, 7) is 5.99. The molecular formula is C21H33F2N3O3. The second-order valence-electron chi connectivity index (χ2n) is 8.17. The predicted octanol–water partition coefficient (Wildman–Crippen LogP) is 1.86. The summed E-state index contributed by atoms with van der Waals surface area (Å²) < 4.78 is 28.5. The van der Waals surface area contributed by atoms with Gasteiger partial charge in [0.1, 0.15) is 12.1 Å². The lowest BCUT2D eigenvalue weighted by atomic mass is 9.96.